The standard InChI is InChI=1S/C21H22O9/c1-29-15-6-14-9(4-11(15)23)20(27)18-16(30-14)5-12(24)17(21(18)28)10-2-8(7-22)3-13(25)19(10)26/h4-6,8,10,13,19,22-26,28H,2-3,7H2,1H3. The number of benzene rings is 2. The fraction of sp³-hybridized carbons (Fsp3) is 0.381. The zero-order valence-electron chi connectivity index (χ0n) is 16.1. The van der Waals surface area contributed by atoms with E-state index in [1.807, 2.05) is 0 Å². The molecule has 1 aliphatic rings. The quantitative estimate of drug-likeness (QED) is 0.344. The highest BCUT2D eigenvalue weighted by Gasteiger charge is 2.39. The lowest BCUT2D eigenvalue weighted by Crippen LogP contribution is -2.40. The van der Waals surface area contributed by atoms with Crippen molar-refractivity contribution in [1.82, 2.24) is 0 Å². The van der Waals surface area contributed by atoms with Gasteiger partial charge >= 0.3 is 0 Å². The van der Waals surface area contributed by atoms with Crippen molar-refractivity contribution in [2.24, 2.45) is 5.92 Å². The molecule has 0 bridgehead atoms. The van der Waals surface area contributed by atoms with Gasteiger partial charge in [-0.2, -0.15) is 0 Å². The van der Waals surface area contributed by atoms with Crippen LogP contribution < -0.4 is 10.2 Å². The second kappa shape index (κ2) is 7.35. The van der Waals surface area contributed by atoms with E-state index in [-0.39, 0.29) is 64.4 Å². The maximum Gasteiger partial charge on any atom is 0.204 e. The molecular formula is C21H22O9. The van der Waals surface area contributed by atoms with Gasteiger partial charge in [0.25, 0.3) is 0 Å². The molecule has 1 aliphatic carbocycles. The second-order valence-electron chi connectivity index (χ2n) is 7.67. The van der Waals surface area contributed by atoms with Gasteiger partial charge in [-0.25, -0.2) is 0 Å². The van der Waals surface area contributed by atoms with Crippen LogP contribution in [0.3, 0.4) is 0 Å². The maximum absolute atomic E-state index is 13.1. The van der Waals surface area contributed by atoms with Crippen molar-refractivity contribution in [3.63, 3.8) is 0 Å². The first-order valence-corrected chi connectivity index (χ1v) is 9.46. The minimum atomic E-state index is -1.30. The summed E-state index contributed by atoms with van der Waals surface area (Å²) >= 11 is 0. The van der Waals surface area contributed by atoms with Crippen molar-refractivity contribution < 1.29 is 39.8 Å². The van der Waals surface area contributed by atoms with E-state index in [0.717, 1.165) is 12.1 Å². The van der Waals surface area contributed by atoms with Crippen molar-refractivity contribution in [2.45, 2.75) is 31.0 Å². The van der Waals surface area contributed by atoms with Gasteiger partial charge in [-0.1, -0.05) is 0 Å². The Morgan fingerprint density at radius 2 is 1.80 bits per heavy atom. The molecule has 4 unspecified atom stereocenters. The Morgan fingerprint density at radius 1 is 1.07 bits per heavy atom. The first-order valence-electron chi connectivity index (χ1n) is 9.46. The summed E-state index contributed by atoms with van der Waals surface area (Å²) in [5, 5.41) is 61.3. The Morgan fingerprint density at radius 3 is 2.47 bits per heavy atom. The predicted octanol–water partition coefficient (Wildman–Crippen LogP) is 1.28. The van der Waals surface area contributed by atoms with E-state index in [9.17, 15) is 35.4 Å². The predicted molar refractivity (Wildman–Crippen MR) is 106 cm³/mol. The number of aromatic hydroxyl groups is 3. The van der Waals surface area contributed by atoms with Gasteiger partial charge in [0, 0.05) is 30.2 Å². The monoisotopic (exact) mass is 418 g/mol. The summed E-state index contributed by atoms with van der Waals surface area (Å²) < 4.78 is 10.7. The maximum atomic E-state index is 13.1. The lowest BCUT2D eigenvalue weighted by Gasteiger charge is -2.36. The van der Waals surface area contributed by atoms with Crippen molar-refractivity contribution >= 4 is 21.9 Å². The van der Waals surface area contributed by atoms with Crippen LogP contribution in [-0.2, 0) is 0 Å². The first-order chi connectivity index (χ1) is 14.3. The third kappa shape index (κ3) is 3.02. The third-order valence-electron chi connectivity index (χ3n) is 5.85. The molecule has 0 aliphatic heterocycles. The third-order valence-corrected chi connectivity index (χ3v) is 5.85. The number of rotatable bonds is 3. The summed E-state index contributed by atoms with van der Waals surface area (Å²) in [4.78, 5) is 13.1. The molecule has 1 heterocycles. The largest absolute Gasteiger partial charge is 0.507 e. The summed E-state index contributed by atoms with van der Waals surface area (Å²) in [6, 6.07) is 3.64. The zero-order valence-corrected chi connectivity index (χ0v) is 16.1. The lowest BCUT2D eigenvalue weighted by molar-refractivity contribution is -0.0479. The molecule has 160 valence electrons. The lowest BCUT2D eigenvalue weighted by atomic mass is 9.74. The van der Waals surface area contributed by atoms with Crippen LogP contribution in [0.1, 0.15) is 24.3 Å². The van der Waals surface area contributed by atoms with E-state index < -0.39 is 35.1 Å². The Hall–Kier alpha value is -3.01. The number of fused-ring (bicyclic) bond motifs is 2. The molecule has 0 saturated heterocycles. The minimum Gasteiger partial charge on any atom is -0.507 e. The van der Waals surface area contributed by atoms with Crippen molar-refractivity contribution in [3.8, 4) is 23.0 Å². The molecule has 0 radical (unpaired) electrons. The summed E-state index contributed by atoms with van der Waals surface area (Å²) in [6.45, 7) is -0.233. The fourth-order valence-electron chi connectivity index (χ4n) is 4.32. The summed E-state index contributed by atoms with van der Waals surface area (Å²) in [7, 11) is 1.34. The Balaban J connectivity index is 1.98. The zero-order chi connectivity index (χ0) is 21.7. The second-order valence-corrected chi connectivity index (χ2v) is 7.67. The summed E-state index contributed by atoms with van der Waals surface area (Å²) in [6.07, 6.45) is -2.09. The van der Waals surface area contributed by atoms with E-state index >= 15 is 0 Å². The van der Waals surface area contributed by atoms with Crippen LogP contribution in [0, 0.1) is 5.92 Å². The van der Waals surface area contributed by atoms with Crippen LogP contribution in [0.2, 0.25) is 0 Å². The first kappa shape index (κ1) is 20.3. The Bertz CT molecular complexity index is 1180. The average Bonchev–Trinajstić information content (AvgIpc) is 2.70. The molecule has 9 heteroatoms. The molecule has 4 rings (SSSR count). The smallest absolute Gasteiger partial charge is 0.204 e. The Labute approximate surface area is 170 Å². The number of aliphatic hydroxyl groups excluding tert-OH is 3. The van der Waals surface area contributed by atoms with Crippen LogP contribution in [0.5, 0.6) is 23.0 Å². The number of hydrogen-bond donors (Lipinski definition) is 6. The molecule has 30 heavy (non-hydrogen) atoms. The molecule has 6 N–H and O–H groups in total. The van der Waals surface area contributed by atoms with Gasteiger partial charge in [0.15, 0.2) is 11.5 Å². The molecule has 1 saturated carbocycles. The van der Waals surface area contributed by atoms with E-state index in [1.165, 1.54) is 13.2 Å². The molecule has 3 aromatic rings. The molecule has 1 aromatic heterocycles. The van der Waals surface area contributed by atoms with Crippen molar-refractivity contribution in [2.75, 3.05) is 13.7 Å². The molecule has 0 spiro atoms. The van der Waals surface area contributed by atoms with Crippen LogP contribution in [0.4, 0.5) is 0 Å². The van der Waals surface area contributed by atoms with E-state index in [2.05, 4.69) is 0 Å². The molecular weight excluding hydrogens is 396 g/mol. The van der Waals surface area contributed by atoms with Crippen LogP contribution in [0.25, 0.3) is 21.9 Å². The van der Waals surface area contributed by atoms with Crippen LogP contribution in [-0.4, -0.2) is 56.6 Å². The van der Waals surface area contributed by atoms with Gasteiger partial charge in [-0.05, 0) is 24.8 Å². The van der Waals surface area contributed by atoms with Gasteiger partial charge in [0.05, 0.1) is 24.7 Å². The summed E-state index contributed by atoms with van der Waals surface area (Å²) in [5.41, 5.74) is -0.755. The number of aliphatic hydroxyl groups is 3. The highest BCUT2D eigenvalue weighted by Crippen LogP contribution is 2.46. The van der Waals surface area contributed by atoms with Crippen molar-refractivity contribution in [3.05, 3.63) is 34.0 Å². The van der Waals surface area contributed by atoms with Gasteiger partial charge in [0.2, 0.25) is 5.43 Å². The van der Waals surface area contributed by atoms with Crippen LogP contribution >= 0.6 is 0 Å². The van der Waals surface area contributed by atoms with Gasteiger partial charge < -0.3 is 39.8 Å². The van der Waals surface area contributed by atoms with Crippen LogP contribution in [0.15, 0.2) is 27.4 Å². The number of hydrogen-bond acceptors (Lipinski definition) is 9. The van der Waals surface area contributed by atoms with E-state index in [1.54, 1.807) is 0 Å². The molecule has 4 atom stereocenters. The molecule has 2 aromatic carbocycles. The molecule has 9 nitrogen and oxygen atoms in total. The average molecular weight is 418 g/mol. The highest BCUT2D eigenvalue weighted by molar-refractivity contribution is 5.96. The number of ether oxygens (including phenoxy) is 1. The molecule has 0 amide bonds. The minimum absolute atomic E-state index is 0.00907. The number of phenolic OH excluding ortho intramolecular Hbond substituents is 3. The van der Waals surface area contributed by atoms with E-state index in [4.69, 9.17) is 9.15 Å². The topological polar surface area (TPSA) is 161 Å². The van der Waals surface area contributed by atoms with Gasteiger partial charge in [0.1, 0.15) is 28.1 Å². The van der Waals surface area contributed by atoms with Crippen molar-refractivity contribution in [1.29, 1.82) is 0 Å². The van der Waals surface area contributed by atoms with E-state index in [0.29, 0.717) is 0 Å². The highest BCUT2D eigenvalue weighted by atomic mass is 16.5. The summed E-state index contributed by atoms with van der Waals surface area (Å²) in [5.74, 6) is -2.44. The molecule has 1 fully saturated rings. The normalized spacial score (nSPS) is 24.4. The Kier molecular flexibility index (Phi) is 4.97. The van der Waals surface area contributed by atoms with Gasteiger partial charge in [-0.3, -0.25) is 4.79 Å². The number of methoxy groups -OCH3 is 1. The SMILES string of the molecule is COc1cc2oc3cc(O)c(C4CC(CO)CC(O)C4O)c(O)c3c(=O)c2cc1O. The fourth-order valence-corrected chi connectivity index (χ4v) is 4.32. The van der Waals surface area contributed by atoms with Gasteiger partial charge in [-0.15, -0.1) is 0 Å². The number of phenols is 3.